The Kier molecular flexibility index (Phi) is 8.77. The topological polar surface area (TPSA) is 132 Å². The second-order valence-electron chi connectivity index (χ2n) is 11.5. The first-order chi connectivity index (χ1) is 21.7. The quantitative estimate of drug-likeness (QED) is 0.243. The van der Waals surface area contributed by atoms with Gasteiger partial charge < -0.3 is 20.1 Å². The molecule has 4 amide bonds. The van der Waals surface area contributed by atoms with Crippen molar-refractivity contribution in [2.75, 3.05) is 13.1 Å². The number of fused-ring (bicyclic) bond motifs is 1. The molecule has 1 fully saturated rings. The molecule has 240 valence electrons. The Morgan fingerprint density at radius 2 is 1.78 bits per heavy atom. The normalized spacial score (nSPS) is 15.7. The Bertz CT molecular complexity index is 1790. The van der Waals surface area contributed by atoms with E-state index in [0.29, 0.717) is 40.4 Å². The predicted molar refractivity (Wildman–Crippen MR) is 164 cm³/mol. The first kappa shape index (κ1) is 32.1. The Labute approximate surface area is 263 Å². The van der Waals surface area contributed by atoms with Crippen LogP contribution in [0.25, 0.3) is 16.6 Å². The van der Waals surface area contributed by atoms with Crippen molar-refractivity contribution in [2.45, 2.75) is 51.4 Å². The van der Waals surface area contributed by atoms with Crippen molar-refractivity contribution in [3.05, 3.63) is 90.1 Å². The minimum Gasteiger partial charge on any atom is -0.484 e. The molecule has 1 aliphatic heterocycles. The van der Waals surface area contributed by atoms with Crippen molar-refractivity contribution in [2.24, 2.45) is 0 Å². The molecular formula is C33H33F2N5O6. The zero-order chi connectivity index (χ0) is 33.2. The Balaban J connectivity index is 1.30. The van der Waals surface area contributed by atoms with Crippen molar-refractivity contribution in [1.29, 1.82) is 0 Å². The van der Waals surface area contributed by atoms with Crippen LogP contribution in [0, 0.1) is 0 Å². The van der Waals surface area contributed by atoms with Gasteiger partial charge in [-0.2, -0.15) is 13.9 Å². The highest BCUT2D eigenvalue weighted by atomic mass is 19.3. The Morgan fingerprint density at radius 3 is 2.46 bits per heavy atom. The number of hydrogen-bond donors (Lipinski definition) is 2. The Hall–Kier alpha value is -5.33. The van der Waals surface area contributed by atoms with E-state index in [1.54, 1.807) is 84.5 Å². The van der Waals surface area contributed by atoms with Gasteiger partial charge in [-0.3, -0.25) is 14.4 Å². The minimum absolute atomic E-state index is 0.0257. The van der Waals surface area contributed by atoms with Crippen LogP contribution in [0.4, 0.5) is 13.6 Å². The summed E-state index contributed by atoms with van der Waals surface area (Å²) in [5.41, 5.74) is 1.12. The molecule has 11 nitrogen and oxygen atoms in total. The van der Waals surface area contributed by atoms with E-state index in [9.17, 15) is 28.0 Å². The molecule has 2 N–H and O–H groups in total. The first-order valence-electron chi connectivity index (χ1n) is 14.6. The van der Waals surface area contributed by atoms with E-state index < -0.39 is 47.5 Å². The number of ether oxygens (including phenoxy) is 2. The van der Waals surface area contributed by atoms with E-state index in [1.165, 1.54) is 13.8 Å². The number of hydrogen-bond acceptors (Lipinski definition) is 7. The highest BCUT2D eigenvalue weighted by Crippen LogP contribution is 2.30. The van der Waals surface area contributed by atoms with Crippen LogP contribution >= 0.6 is 0 Å². The summed E-state index contributed by atoms with van der Waals surface area (Å²) in [4.78, 5) is 50.2. The number of imide groups is 1. The van der Waals surface area contributed by atoms with Crippen LogP contribution in [0.15, 0.2) is 79.0 Å². The van der Waals surface area contributed by atoms with Gasteiger partial charge in [-0.15, -0.1) is 0 Å². The zero-order valence-corrected chi connectivity index (χ0v) is 25.6. The lowest BCUT2D eigenvalue weighted by molar-refractivity contribution is -0.144. The molecule has 0 bridgehead atoms. The molecule has 0 spiro atoms. The van der Waals surface area contributed by atoms with E-state index >= 15 is 0 Å². The van der Waals surface area contributed by atoms with Crippen LogP contribution in [-0.2, 0) is 14.3 Å². The van der Waals surface area contributed by atoms with Crippen LogP contribution in [0.5, 0.6) is 5.75 Å². The number of halogens is 2. The summed E-state index contributed by atoms with van der Waals surface area (Å²) in [7, 11) is 0. The van der Waals surface area contributed by atoms with Gasteiger partial charge in [0.05, 0.1) is 23.4 Å². The molecular weight excluding hydrogens is 600 g/mol. The highest BCUT2D eigenvalue weighted by molar-refractivity contribution is 6.02. The van der Waals surface area contributed by atoms with Gasteiger partial charge in [0.2, 0.25) is 0 Å². The summed E-state index contributed by atoms with van der Waals surface area (Å²) >= 11 is 0. The molecule has 4 aromatic rings. The third-order valence-electron chi connectivity index (χ3n) is 7.44. The second kappa shape index (κ2) is 12.6. The molecule has 46 heavy (non-hydrogen) atoms. The highest BCUT2D eigenvalue weighted by Gasteiger charge is 2.46. The largest absolute Gasteiger partial charge is 0.484 e. The summed E-state index contributed by atoms with van der Waals surface area (Å²) in [6.07, 6.45) is 0.113. The third-order valence-corrected chi connectivity index (χ3v) is 7.44. The van der Waals surface area contributed by atoms with Gasteiger partial charge >= 0.3 is 12.0 Å². The molecule has 2 atom stereocenters. The first-order valence-corrected chi connectivity index (χ1v) is 14.6. The monoisotopic (exact) mass is 633 g/mol. The van der Waals surface area contributed by atoms with Crippen molar-refractivity contribution < 1.29 is 37.4 Å². The van der Waals surface area contributed by atoms with Crippen LogP contribution < -0.4 is 15.4 Å². The molecule has 13 heteroatoms. The number of aromatic nitrogens is 2. The fraction of sp³-hybridized carbons (Fsp3) is 0.303. The molecule has 3 aromatic carbocycles. The number of carbonyl (C=O) groups is 4. The average molecular weight is 634 g/mol. The summed E-state index contributed by atoms with van der Waals surface area (Å²) in [6, 6.07) is 20.2. The summed E-state index contributed by atoms with van der Waals surface area (Å²) in [5.74, 6) is -5.37. The molecule has 0 aliphatic carbocycles. The van der Waals surface area contributed by atoms with E-state index in [1.807, 2.05) is 6.07 Å². The average Bonchev–Trinajstić information content (AvgIpc) is 3.52. The molecule has 0 saturated carbocycles. The van der Waals surface area contributed by atoms with Crippen LogP contribution in [0.2, 0.25) is 0 Å². The number of alkyl halides is 2. The van der Waals surface area contributed by atoms with Gasteiger partial charge in [-0.25, -0.2) is 14.4 Å². The van der Waals surface area contributed by atoms with Gasteiger partial charge in [0, 0.05) is 31.0 Å². The van der Waals surface area contributed by atoms with Crippen LogP contribution in [0.3, 0.4) is 0 Å². The Morgan fingerprint density at radius 1 is 1.04 bits per heavy atom. The fourth-order valence-corrected chi connectivity index (χ4v) is 5.03. The zero-order valence-electron chi connectivity index (χ0n) is 25.6. The number of nitrogens with zero attached hydrogens (tertiary/aromatic N) is 3. The number of nitrogens with one attached hydrogen (secondary N) is 2. The smallest absolute Gasteiger partial charge is 0.417 e. The van der Waals surface area contributed by atoms with Crippen molar-refractivity contribution in [3.63, 3.8) is 0 Å². The fourth-order valence-electron chi connectivity index (χ4n) is 5.03. The van der Waals surface area contributed by atoms with Gasteiger partial charge in [0.25, 0.3) is 17.7 Å². The number of cyclic esters (lactones) is 1. The lowest BCUT2D eigenvalue weighted by Gasteiger charge is -2.27. The van der Waals surface area contributed by atoms with Gasteiger partial charge in [-0.1, -0.05) is 36.4 Å². The summed E-state index contributed by atoms with van der Waals surface area (Å²) in [5, 5.41) is 10.3. The van der Waals surface area contributed by atoms with E-state index in [-0.39, 0.29) is 13.1 Å². The minimum atomic E-state index is -3.54. The maximum atomic E-state index is 13.6. The maximum Gasteiger partial charge on any atom is 0.417 e. The number of rotatable bonds is 11. The number of amides is 4. The van der Waals surface area contributed by atoms with Gasteiger partial charge in [-0.05, 0) is 62.7 Å². The van der Waals surface area contributed by atoms with Crippen molar-refractivity contribution in [3.8, 4) is 11.4 Å². The van der Waals surface area contributed by atoms with Crippen molar-refractivity contribution in [1.82, 2.24) is 25.3 Å². The van der Waals surface area contributed by atoms with Crippen LogP contribution in [-0.4, -0.2) is 69.2 Å². The summed E-state index contributed by atoms with van der Waals surface area (Å²) in [6.45, 7) is 5.17. The second-order valence-corrected chi connectivity index (χ2v) is 11.5. The van der Waals surface area contributed by atoms with E-state index in [2.05, 4.69) is 15.7 Å². The third kappa shape index (κ3) is 6.82. The van der Waals surface area contributed by atoms with Crippen LogP contribution in [0.1, 0.15) is 49.7 Å². The molecule has 1 saturated heterocycles. The van der Waals surface area contributed by atoms with Gasteiger partial charge in [0.15, 0.2) is 5.60 Å². The van der Waals surface area contributed by atoms with Crippen molar-refractivity contribution >= 4 is 34.7 Å². The SMILES string of the molecule is C[C@H](NC(=O)C(C)(F)F)[C@H](Oc1ccc2c(cnn2-c2cccc(C(=O)NCCN3C(=O)OC(C)(C)C3=O)c2)c1)c1ccccc1. The molecule has 1 aliphatic rings. The molecule has 0 unspecified atom stereocenters. The lowest BCUT2D eigenvalue weighted by Crippen LogP contribution is -2.46. The predicted octanol–water partition coefficient (Wildman–Crippen LogP) is 4.79. The standard InChI is InChI=1S/C33H33F2N5O6/c1-20(38-29(42)33(4,34)35)27(21-9-6-5-7-10-21)45-25-13-14-26-23(18-25)19-37-40(26)24-12-8-11-22(17-24)28(41)36-15-16-39-30(43)32(2,3)46-31(39)44/h5-14,17-20,27H,15-16H2,1-4H3,(H,36,41)(H,38,42)/t20-,27-/m0/s1. The molecule has 1 aromatic heterocycles. The van der Waals surface area contributed by atoms with E-state index in [4.69, 9.17) is 9.47 Å². The van der Waals surface area contributed by atoms with E-state index in [0.717, 1.165) is 4.90 Å². The summed E-state index contributed by atoms with van der Waals surface area (Å²) < 4.78 is 40.2. The number of carbonyl (C=O) groups excluding carboxylic acids is 4. The number of benzene rings is 3. The molecule has 0 radical (unpaired) electrons. The molecule has 5 rings (SSSR count). The maximum absolute atomic E-state index is 13.6. The van der Waals surface area contributed by atoms with Gasteiger partial charge in [0.1, 0.15) is 11.9 Å². The molecule has 2 heterocycles. The lowest BCUT2D eigenvalue weighted by atomic mass is 10.0.